The largest absolute Gasteiger partial charge is 0.472 e. The third kappa shape index (κ3) is 27.8. The molecule has 0 bridgehead atoms. The Morgan fingerprint density at radius 1 is 0.838 bits per heavy atom. The molecule has 218 valence electrons. The van der Waals surface area contributed by atoms with E-state index in [4.69, 9.17) is 18.5 Å². The molecule has 0 aromatic rings. The first-order chi connectivity index (χ1) is 17.6. The van der Waals surface area contributed by atoms with E-state index in [2.05, 4.69) is 31.2 Å². The van der Waals surface area contributed by atoms with Crippen molar-refractivity contribution in [3.63, 3.8) is 0 Å². The van der Waals surface area contributed by atoms with E-state index in [1.807, 2.05) is 21.1 Å². The van der Waals surface area contributed by atoms with Gasteiger partial charge in [-0.1, -0.05) is 69.8 Å². The lowest BCUT2D eigenvalue weighted by Crippen LogP contribution is -2.37. The number of rotatable bonds is 25. The fraction of sp³-hybridized carbons (Fsp3) is 0.821. The number of allylic oxidation sites excluding steroid dienone is 4. The van der Waals surface area contributed by atoms with Gasteiger partial charge >= 0.3 is 13.8 Å². The van der Waals surface area contributed by atoms with Gasteiger partial charge in [-0.25, -0.2) is 4.57 Å². The Morgan fingerprint density at radius 3 is 2.03 bits per heavy atom. The molecule has 0 aromatic heterocycles. The molecule has 0 rings (SSSR count). The number of unbranched alkanes of at least 4 members (excludes halogenated alkanes) is 9. The minimum absolute atomic E-state index is 0.0829. The first-order valence-electron chi connectivity index (χ1n) is 14.0. The first-order valence-corrected chi connectivity index (χ1v) is 15.5. The Morgan fingerprint density at radius 2 is 1.43 bits per heavy atom. The number of phosphoric acid groups is 1. The standard InChI is InChI=1S/C28H54NO7P/c1-6-7-8-9-10-11-12-13-14-15-16-17-18-19-20-21-23-33-25-28(36-27(2)30)26-35-37(31,32)34-24-22-29(3,4)5/h10-11,13-14,28H,6-9,12,15-26H2,1-5H3/p+1/b11-10-,14-13-/t28-/m1/s1. The summed E-state index contributed by atoms with van der Waals surface area (Å²) in [4.78, 5) is 21.2. The first kappa shape index (κ1) is 36.0. The highest BCUT2D eigenvalue weighted by atomic mass is 31.2. The quantitative estimate of drug-likeness (QED) is 0.0452. The summed E-state index contributed by atoms with van der Waals surface area (Å²) in [6.45, 7) is 4.55. The van der Waals surface area contributed by atoms with Gasteiger partial charge in [0.05, 0.1) is 34.4 Å². The zero-order valence-corrected chi connectivity index (χ0v) is 25.1. The molecule has 0 aliphatic carbocycles. The molecule has 0 saturated heterocycles. The summed E-state index contributed by atoms with van der Waals surface area (Å²) in [6, 6.07) is 0. The van der Waals surface area contributed by atoms with Crippen LogP contribution in [0, 0.1) is 0 Å². The van der Waals surface area contributed by atoms with E-state index in [1.54, 1.807) is 0 Å². The number of hydrogen-bond acceptors (Lipinski definition) is 6. The number of nitrogens with zero attached hydrogens (tertiary/aromatic N) is 1. The van der Waals surface area contributed by atoms with Gasteiger partial charge in [0.1, 0.15) is 19.3 Å². The lowest BCUT2D eigenvalue weighted by molar-refractivity contribution is -0.870. The van der Waals surface area contributed by atoms with E-state index in [0.717, 1.165) is 25.7 Å². The Kier molecular flexibility index (Phi) is 22.3. The topological polar surface area (TPSA) is 91.3 Å². The number of ether oxygens (including phenoxy) is 2. The lowest BCUT2D eigenvalue weighted by Gasteiger charge is -2.24. The van der Waals surface area contributed by atoms with Crippen molar-refractivity contribution in [2.45, 2.75) is 97.0 Å². The third-order valence-corrected chi connectivity index (χ3v) is 6.55. The normalized spacial score (nSPS) is 14.9. The van der Waals surface area contributed by atoms with Crippen molar-refractivity contribution in [1.29, 1.82) is 0 Å². The second-order valence-corrected chi connectivity index (χ2v) is 12.0. The Labute approximate surface area is 226 Å². The van der Waals surface area contributed by atoms with Gasteiger partial charge in [0.15, 0.2) is 0 Å². The summed E-state index contributed by atoms with van der Waals surface area (Å²) in [5.74, 6) is -0.496. The molecule has 0 radical (unpaired) electrons. The fourth-order valence-corrected chi connectivity index (χ4v) is 4.14. The van der Waals surface area contributed by atoms with Crippen molar-refractivity contribution < 1.29 is 37.3 Å². The summed E-state index contributed by atoms with van der Waals surface area (Å²) < 4.78 is 33.4. The van der Waals surface area contributed by atoms with Crippen molar-refractivity contribution in [2.75, 3.05) is 54.1 Å². The molecule has 0 spiro atoms. The number of hydrogen-bond donors (Lipinski definition) is 1. The van der Waals surface area contributed by atoms with Gasteiger partial charge in [-0.3, -0.25) is 13.8 Å². The van der Waals surface area contributed by atoms with E-state index in [9.17, 15) is 14.3 Å². The van der Waals surface area contributed by atoms with Crippen LogP contribution >= 0.6 is 7.82 Å². The number of quaternary nitrogens is 1. The van der Waals surface area contributed by atoms with Crippen LogP contribution in [0.4, 0.5) is 0 Å². The molecule has 1 N–H and O–H groups in total. The van der Waals surface area contributed by atoms with Gasteiger partial charge in [0.2, 0.25) is 0 Å². The molecule has 37 heavy (non-hydrogen) atoms. The van der Waals surface area contributed by atoms with Gasteiger partial charge in [-0.2, -0.15) is 0 Å². The minimum Gasteiger partial charge on any atom is -0.458 e. The SMILES string of the molecule is CCCCC/C=C\C/C=C\CCCCCCCCOC[C@H](COP(=O)(O)OCC[N+](C)(C)C)OC(C)=O. The zero-order valence-electron chi connectivity index (χ0n) is 24.2. The molecular formula is C28H55NO7P+. The molecule has 0 aliphatic heterocycles. The van der Waals surface area contributed by atoms with Crippen LogP contribution in [-0.4, -0.2) is 75.6 Å². The van der Waals surface area contributed by atoms with E-state index >= 15 is 0 Å². The highest BCUT2D eigenvalue weighted by Crippen LogP contribution is 2.43. The summed E-state index contributed by atoms with van der Waals surface area (Å²) in [5, 5.41) is 0. The monoisotopic (exact) mass is 548 g/mol. The highest BCUT2D eigenvalue weighted by molar-refractivity contribution is 7.47. The smallest absolute Gasteiger partial charge is 0.458 e. The maximum atomic E-state index is 12.0. The van der Waals surface area contributed by atoms with Crippen LogP contribution in [0.5, 0.6) is 0 Å². The molecule has 0 aliphatic rings. The number of carbonyl (C=O) groups is 1. The minimum atomic E-state index is -4.22. The predicted octanol–water partition coefficient (Wildman–Crippen LogP) is 6.59. The summed E-state index contributed by atoms with van der Waals surface area (Å²) >= 11 is 0. The molecule has 9 heteroatoms. The van der Waals surface area contributed by atoms with Gasteiger partial charge in [0, 0.05) is 13.5 Å². The van der Waals surface area contributed by atoms with Crippen LogP contribution in [0.15, 0.2) is 24.3 Å². The molecule has 8 nitrogen and oxygen atoms in total. The second-order valence-electron chi connectivity index (χ2n) is 10.5. The molecule has 0 amide bonds. The van der Waals surface area contributed by atoms with Crippen molar-refractivity contribution in [3.05, 3.63) is 24.3 Å². The highest BCUT2D eigenvalue weighted by Gasteiger charge is 2.25. The van der Waals surface area contributed by atoms with E-state index in [-0.39, 0.29) is 19.8 Å². The second kappa shape index (κ2) is 22.9. The third-order valence-electron chi connectivity index (χ3n) is 5.57. The molecule has 0 fully saturated rings. The van der Waals surface area contributed by atoms with Crippen molar-refractivity contribution in [1.82, 2.24) is 0 Å². The van der Waals surface area contributed by atoms with Crippen LogP contribution in [0.25, 0.3) is 0 Å². The predicted molar refractivity (Wildman–Crippen MR) is 150 cm³/mol. The number of likely N-dealkylation sites (N-methyl/N-ethyl adjacent to an activating group) is 1. The summed E-state index contributed by atoms with van der Waals surface area (Å²) in [6.07, 6.45) is 22.5. The van der Waals surface area contributed by atoms with Gasteiger partial charge in [0.25, 0.3) is 0 Å². The summed E-state index contributed by atoms with van der Waals surface area (Å²) in [7, 11) is 1.64. The van der Waals surface area contributed by atoms with E-state index in [1.165, 1.54) is 58.3 Å². The van der Waals surface area contributed by atoms with E-state index in [0.29, 0.717) is 17.6 Å². The van der Waals surface area contributed by atoms with Crippen molar-refractivity contribution in [2.24, 2.45) is 0 Å². The fourth-order valence-electron chi connectivity index (χ4n) is 3.40. The Hall–Kier alpha value is -1.02. The van der Waals surface area contributed by atoms with Crippen LogP contribution in [-0.2, 0) is 27.9 Å². The number of carbonyl (C=O) groups excluding carboxylic acids is 1. The number of phosphoric ester groups is 1. The molecular weight excluding hydrogens is 493 g/mol. The van der Waals surface area contributed by atoms with Gasteiger partial charge in [-0.15, -0.1) is 0 Å². The molecule has 0 heterocycles. The molecule has 2 atom stereocenters. The van der Waals surface area contributed by atoms with Crippen LogP contribution in [0.2, 0.25) is 0 Å². The van der Waals surface area contributed by atoms with Crippen LogP contribution < -0.4 is 0 Å². The van der Waals surface area contributed by atoms with Crippen LogP contribution in [0.3, 0.4) is 0 Å². The molecule has 1 unspecified atom stereocenters. The molecule has 0 aromatic carbocycles. The Balaban J connectivity index is 3.82. The van der Waals surface area contributed by atoms with E-state index < -0.39 is 19.9 Å². The van der Waals surface area contributed by atoms with Crippen molar-refractivity contribution in [3.8, 4) is 0 Å². The van der Waals surface area contributed by atoms with Gasteiger partial charge in [-0.05, 0) is 38.5 Å². The maximum Gasteiger partial charge on any atom is 0.472 e. The van der Waals surface area contributed by atoms with Gasteiger partial charge < -0.3 is 18.9 Å². The Bertz CT molecular complexity index is 661. The zero-order chi connectivity index (χ0) is 27.8. The number of esters is 1. The summed E-state index contributed by atoms with van der Waals surface area (Å²) in [5.41, 5.74) is 0. The van der Waals surface area contributed by atoms with Crippen molar-refractivity contribution >= 4 is 13.8 Å². The maximum absolute atomic E-state index is 12.0. The van der Waals surface area contributed by atoms with Crippen LogP contribution in [0.1, 0.15) is 90.9 Å². The average Bonchev–Trinajstić information content (AvgIpc) is 2.80. The molecule has 0 saturated carbocycles. The average molecular weight is 549 g/mol. The lowest BCUT2D eigenvalue weighted by atomic mass is 10.1.